The van der Waals surface area contributed by atoms with Gasteiger partial charge >= 0.3 is 5.97 Å². The zero-order valence-corrected chi connectivity index (χ0v) is 9.53. The summed E-state index contributed by atoms with van der Waals surface area (Å²) in [5, 5.41) is 11.0. The van der Waals surface area contributed by atoms with E-state index in [1.54, 1.807) is 0 Å². The Morgan fingerprint density at radius 2 is 1.88 bits per heavy atom. The molecule has 4 N–H and O–H groups in total. The fourth-order valence-corrected chi connectivity index (χ4v) is 1.09. The van der Waals surface area contributed by atoms with Crippen LogP contribution in [-0.4, -0.2) is 28.9 Å². The van der Waals surface area contributed by atoms with E-state index in [1.165, 1.54) is 0 Å². The molecule has 0 heterocycles. The summed E-state index contributed by atoms with van der Waals surface area (Å²) in [4.78, 5) is 32.6. The van der Waals surface area contributed by atoms with Gasteiger partial charge in [-0.3, -0.25) is 9.59 Å². The standard InChI is InChI=1S/C10H18N2O4/c1-6(2)3-4-9(14)12-7(10(15)16)5-8(11)13/h6-7H,3-5H2,1-2H3,(H2,11,13)(H,12,14)(H,15,16)/t7-/m0/s1. The van der Waals surface area contributed by atoms with Crippen LogP contribution >= 0.6 is 0 Å². The first-order valence-corrected chi connectivity index (χ1v) is 5.13. The van der Waals surface area contributed by atoms with Crippen molar-refractivity contribution in [1.82, 2.24) is 5.32 Å². The van der Waals surface area contributed by atoms with E-state index in [2.05, 4.69) is 5.32 Å². The van der Waals surface area contributed by atoms with Crippen LogP contribution in [0.15, 0.2) is 0 Å². The van der Waals surface area contributed by atoms with E-state index in [0.29, 0.717) is 12.3 Å². The van der Waals surface area contributed by atoms with E-state index >= 15 is 0 Å². The van der Waals surface area contributed by atoms with E-state index in [1.807, 2.05) is 13.8 Å². The highest BCUT2D eigenvalue weighted by atomic mass is 16.4. The molecular weight excluding hydrogens is 212 g/mol. The number of aliphatic carboxylic acids is 1. The number of hydrogen-bond donors (Lipinski definition) is 3. The molecule has 0 aromatic heterocycles. The lowest BCUT2D eigenvalue weighted by Crippen LogP contribution is -2.43. The van der Waals surface area contributed by atoms with Gasteiger partial charge in [-0.2, -0.15) is 0 Å². The molecule has 92 valence electrons. The Balaban J connectivity index is 4.13. The van der Waals surface area contributed by atoms with Crippen LogP contribution in [0.2, 0.25) is 0 Å². The zero-order valence-electron chi connectivity index (χ0n) is 9.53. The van der Waals surface area contributed by atoms with Crippen molar-refractivity contribution in [2.45, 2.75) is 39.2 Å². The molecule has 0 spiro atoms. The number of rotatable bonds is 7. The topological polar surface area (TPSA) is 109 Å². The highest BCUT2D eigenvalue weighted by Crippen LogP contribution is 2.03. The fraction of sp³-hybridized carbons (Fsp3) is 0.700. The van der Waals surface area contributed by atoms with Crippen LogP contribution in [0.5, 0.6) is 0 Å². The molecule has 2 amide bonds. The molecule has 6 heteroatoms. The maximum atomic E-state index is 11.3. The Labute approximate surface area is 94.2 Å². The second-order valence-electron chi connectivity index (χ2n) is 4.06. The molecular formula is C10H18N2O4. The number of carboxylic acid groups (broad SMARTS) is 1. The summed E-state index contributed by atoms with van der Waals surface area (Å²) in [5.41, 5.74) is 4.88. The van der Waals surface area contributed by atoms with Gasteiger partial charge < -0.3 is 16.2 Å². The van der Waals surface area contributed by atoms with Gasteiger partial charge in [0.15, 0.2) is 0 Å². The molecule has 1 atom stereocenters. The lowest BCUT2D eigenvalue weighted by Gasteiger charge is -2.13. The molecule has 0 aliphatic rings. The smallest absolute Gasteiger partial charge is 0.326 e. The third-order valence-corrected chi connectivity index (χ3v) is 1.99. The molecule has 16 heavy (non-hydrogen) atoms. The average molecular weight is 230 g/mol. The molecule has 0 fully saturated rings. The SMILES string of the molecule is CC(C)CCC(=O)N[C@@H](CC(N)=O)C(=O)O. The van der Waals surface area contributed by atoms with Gasteiger partial charge in [0, 0.05) is 6.42 Å². The molecule has 0 aliphatic carbocycles. The van der Waals surface area contributed by atoms with Crippen molar-refractivity contribution in [2.24, 2.45) is 11.7 Å². The van der Waals surface area contributed by atoms with E-state index in [-0.39, 0.29) is 18.7 Å². The Bertz CT molecular complexity index is 276. The van der Waals surface area contributed by atoms with Gasteiger partial charge in [-0.25, -0.2) is 4.79 Å². The molecule has 0 rings (SSSR count). The number of hydrogen-bond acceptors (Lipinski definition) is 3. The Morgan fingerprint density at radius 1 is 1.31 bits per heavy atom. The lowest BCUT2D eigenvalue weighted by atomic mass is 10.1. The van der Waals surface area contributed by atoms with Crippen molar-refractivity contribution < 1.29 is 19.5 Å². The Kier molecular flexibility index (Phi) is 6.14. The summed E-state index contributed by atoms with van der Waals surface area (Å²) in [7, 11) is 0. The zero-order chi connectivity index (χ0) is 12.7. The van der Waals surface area contributed by atoms with E-state index in [0.717, 1.165) is 0 Å². The van der Waals surface area contributed by atoms with Crippen molar-refractivity contribution in [3.05, 3.63) is 0 Å². The van der Waals surface area contributed by atoms with Crippen molar-refractivity contribution in [3.63, 3.8) is 0 Å². The number of carbonyl (C=O) groups excluding carboxylic acids is 2. The van der Waals surface area contributed by atoms with Gasteiger partial charge in [-0.05, 0) is 12.3 Å². The number of nitrogens with one attached hydrogen (secondary N) is 1. The molecule has 0 aromatic carbocycles. The first-order valence-electron chi connectivity index (χ1n) is 5.13. The third-order valence-electron chi connectivity index (χ3n) is 1.99. The van der Waals surface area contributed by atoms with Crippen molar-refractivity contribution in [3.8, 4) is 0 Å². The first kappa shape index (κ1) is 14.4. The van der Waals surface area contributed by atoms with Gasteiger partial charge in [-0.15, -0.1) is 0 Å². The quantitative estimate of drug-likeness (QED) is 0.565. The minimum Gasteiger partial charge on any atom is -0.480 e. The Morgan fingerprint density at radius 3 is 2.25 bits per heavy atom. The number of carbonyl (C=O) groups is 3. The summed E-state index contributed by atoms with van der Waals surface area (Å²) in [5.74, 6) is -2.01. The lowest BCUT2D eigenvalue weighted by molar-refractivity contribution is -0.143. The Hall–Kier alpha value is -1.59. The van der Waals surface area contributed by atoms with Crippen molar-refractivity contribution in [2.75, 3.05) is 0 Å². The molecule has 6 nitrogen and oxygen atoms in total. The third kappa shape index (κ3) is 6.80. The molecule has 0 aromatic rings. The molecule has 0 saturated carbocycles. The number of nitrogens with two attached hydrogens (primary N) is 1. The summed E-state index contributed by atoms with van der Waals surface area (Å²) in [6.45, 7) is 3.93. The summed E-state index contributed by atoms with van der Waals surface area (Å²) >= 11 is 0. The molecule has 0 bridgehead atoms. The van der Waals surface area contributed by atoms with Crippen molar-refractivity contribution >= 4 is 17.8 Å². The van der Waals surface area contributed by atoms with Gasteiger partial charge in [0.25, 0.3) is 0 Å². The van der Waals surface area contributed by atoms with E-state index in [4.69, 9.17) is 10.8 Å². The summed E-state index contributed by atoms with van der Waals surface area (Å²) in [6, 6.07) is -1.22. The second-order valence-corrected chi connectivity index (χ2v) is 4.06. The van der Waals surface area contributed by atoms with Crippen LogP contribution in [0.4, 0.5) is 0 Å². The fourth-order valence-electron chi connectivity index (χ4n) is 1.09. The first-order chi connectivity index (χ1) is 7.32. The van der Waals surface area contributed by atoms with Gasteiger partial charge in [0.1, 0.15) is 6.04 Å². The van der Waals surface area contributed by atoms with Crippen LogP contribution in [0, 0.1) is 5.92 Å². The van der Waals surface area contributed by atoms with Crippen molar-refractivity contribution in [1.29, 1.82) is 0 Å². The van der Waals surface area contributed by atoms with E-state index in [9.17, 15) is 14.4 Å². The van der Waals surface area contributed by atoms with Crippen LogP contribution in [0.25, 0.3) is 0 Å². The second kappa shape index (κ2) is 6.81. The summed E-state index contributed by atoms with van der Waals surface area (Å²) in [6.07, 6.45) is 0.539. The average Bonchev–Trinajstić information content (AvgIpc) is 2.12. The number of primary amides is 1. The number of amides is 2. The minimum absolute atomic E-state index is 0.250. The summed E-state index contributed by atoms with van der Waals surface area (Å²) < 4.78 is 0. The highest BCUT2D eigenvalue weighted by molar-refractivity contribution is 5.88. The largest absolute Gasteiger partial charge is 0.480 e. The maximum absolute atomic E-state index is 11.3. The van der Waals surface area contributed by atoms with Crippen LogP contribution < -0.4 is 11.1 Å². The minimum atomic E-state index is -1.25. The molecule has 0 aliphatic heterocycles. The number of carboxylic acids is 1. The van der Waals surface area contributed by atoms with Crippen LogP contribution in [-0.2, 0) is 14.4 Å². The molecule has 0 unspecified atom stereocenters. The van der Waals surface area contributed by atoms with E-state index < -0.39 is 17.9 Å². The van der Waals surface area contributed by atoms with Crippen LogP contribution in [0.3, 0.4) is 0 Å². The highest BCUT2D eigenvalue weighted by Gasteiger charge is 2.21. The predicted molar refractivity (Wildman–Crippen MR) is 57.4 cm³/mol. The molecule has 0 radical (unpaired) electrons. The maximum Gasteiger partial charge on any atom is 0.326 e. The van der Waals surface area contributed by atoms with Crippen LogP contribution in [0.1, 0.15) is 33.1 Å². The van der Waals surface area contributed by atoms with Gasteiger partial charge in [-0.1, -0.05) is 13.8 Å². The predicted octanol–water partition coefficient (Wildman–Crippen LogP) is -0.133. The normalized spacial score (nSPS) is 12.2. The monoisotopic (exact) mass is 230 g/mol. The van der Waals surface area contributed by atoms with Gasteiger partial charge in [0.05, 0.1) is 6.42 Å². The molecule has 0 saturated heterocycles. The van der Waals surface area contributed by atoms with Gasteiger partial charge in [0.2, 0.25) is 11.8 Å².